The van der Waals surface area contributed by atoms with Gasteiger partial charge in [0.2, 0.25) is 5.91 Å². The van der Waals surface area contributed by atoms with Crippen LogP contribution < -0.4 is 5.32 Å². The lowest BCUT2D eigenvalue weighted by molar-refractivity contribution is -0.132. The van der Waals surface area contributed by atoms with E-state index >= 15 is 0 Å². The number of amides is 1. The van der Waals surface area contributed by atoms with Gasteiger partial charge in [0, 0.05) is 0 Å². The third-order valence-electron chi connectivity index (χ3n) is 7.65. The maximum absolute atomic E-state index is 12.4. The van der Waals surface area contributed by atoms with Crippen LogP contribution in [0.1, 0.15) is 149 Å². The minimum Gasteiger partial charge on any atom is -0.394 e. The molecule has 0 aliphatic heterocycles. The molecule has 0 aliphatic carbocycles. The second-order valence-corrected chi connectivity index (χ2v) is 11.5. The van der Waals surface area contributed by atoms with Crippen molar-refractivity contribution in [1.29, 1.82) is 0 Å². The molecule has 0 aromatic carbocycles. The average molecular weight is 580 g/mol. The summed E-state index contributed by atoms with van der Waals surface area (Å²) >= 11 is 0. The van der Waals surface area contributed by atoms with E-state index in [1.54, 1.807) is 0 Å². The maximum atomic E-state index is 12.4. The van der Waals surface area contributed by atoms with Crippen LogP contribution in [0.5, 0.6) is 0 Å². The van der Waals surface area contributed by atoms with Crippen LogP contribution in [-0.2, 0) is 4.79 Å². The molecule has 0 fully saturated rings. The van der Waals surface area contributed by atoms with Gasteiger partial charge in [0.25, 0.3) is 0 Å². The standard InChI is InChI=1S/C35H65NO5/c1-3-5-7-9-11-13-14-15-16-17-18-19-20-21-23-25-27-29-33(39)35(41)36-31(30-37)34(40)32(38)28-26-24-22-12-10-8-6-4-2/h4,6,12,18-19,22,31-34,37-40H,3,5,7-11,13-17,20-21,23-30H2,1-2H3,(H,36,41)/b6-4+,19-18-,22-12+. The second kappa shape index (κ2) is 30.0. The molecule has 41 heavy (non-hydrogen) atoms. The number of hydrogen-bond donors (Lipinski definition) is 5. The zero-order valence-electron chi connectivity index (χ0n) is 26.5. The van der Waals surface area contributed by atoms with Gasteiger partial charge < -0.3 is 25.7 Å². The molecule has 0 saturated carbocycles. The molecular weight excluding hydrogens is 514 g/mol. The van der Waals surface area contributed by atoms with Crippen molar-refractivity contribution < 1.29 is 25.2 Å². The molecule has 0 rings (SSSR count). The molecular formula is C35H65NO5. The highest BCUT2D eigenvalue weighted by Gasteiger charge is 2.28. The molecule has 0 aliphatic rings. The molecule has 0 aromatic heterocycles. The summed E-state index contributed by atoms with van der Waals surface area (Å²) in [4.78, 5) is 12.4. The van der Waals surface area contributed by atoms with E-state index in [0.29, 0.717) is 19.3 Å². The quantitative estimate of drug-likeness (QED) is 0.0467. The number of carbonyl (C=O) groups is 1. The Kier molecular flexibility index (Phi) is 28.9. The van der Waals surface area contributed by atoms with Crippen LogP contribution in [-0.4, -0.2) is 57.3 Å². The third-order valence-corrected chi connectivity index (χ3v) is 7.65. The van der Waals surface area contributed by atoms with Gasteiger partial charge in [0.15, 0.2) is 0 Å². The monoisotopic (exact) mass is 579 g/mol. The van der Waals surface area contributed by atoms with Gasteiger partial charge in [-0.05, 0) is 71.1 Å². The second-order valence-electron chi connectivity index (χ2n) is 11.5. The first-order chi connectivity index (χ1) is 20.0. The van der Waals surface area contributed by atoms with Crippen LogP contribution in [0.25, 0.3) is 0 Å². The molecule has 0 aromatic rings. The van der Waals surface area contributed by atoms with Gasteiger partial charge in [-0.25, -0.2) is 0 Å². The average Bonchev–Trinajstić information content (AvgIpc) is 2.98. The van der Waals surface area contributed by atoms with Gasteiger partial charge >= 0.3 is 0 Å². The summed E-state index contributed by atoms with van der Waals surface area (Å²) in [5.74, 6) is -0.612. The molecule has 0 heterocycles. The SMILES string of the molecule is C/C=C/CC/C=C/CCCC(O)C(O)C(CO)NC(=O)C(O)CCCCCC/C=C\CCCCCCCCCCC. The summed E-state index contributed by atoms with van der Waals surface area (Å²) < 4.78 is 0. The Morgan fingerprint density at radius 3 is 1.68 bits per heavy atom. The lowest BCUT2D eigenvalue weighted by Crippen LogP contribution is -2.53. The number of aliphatic hydroxyl groups is 4. The first-order valence-electron chi connectivity index (χ1n) is 16.8. The van der Waals surface area contributed by atoms with Crippen LogP contribution in [0.3, 0.4) is 0 Å². The van der Waals surface area contributed by atoms with Gasteiger partial charge in [-0.1, -0.05) is 114 Å². The lowest BCUT2D eigenvalue weighted by Gasteiger charge is -2.27. The van der Waals surface area contributed by atoms with Crippen molar-refractivity contribution in [2.75, 3.05) is 6.61 Å². The van der Waals surface area contributed by atoms with Crippen LogP contribution in [0, 0.1) is 0 Å². The summed E-state index contributed by atoms with van der Waals surface area (Å²) in [6, 6.07) is -1.01. The van der Waals surface area contributed by atoms with Crippen molar-refractivity contribution in [3.05, 3.63) is 36.5 Å². The van der Waals surface area contributed by atoms with Crippen LogP contribution in [0.2, 0.25) is 0 Å². The Bertz CT molecular complexity index is 663. The summed E-state index contributed by atoms with van der Waals surface area (Å²) in [6.45, 7) is 3.76. The molecule has 0 bridgehead atoms. The number of carbonyl (C=O) groups excluding carboxylic acids is 1. The van der Waals surface area contributed by atoms with E-state index in [1.165, 1.54) is 64.2 Å². The van der Waals surface area contributed by atoms with Gasteiger partial charge in [-0.15, -0.1) is 0 Å². The first-order valence-corrected chi connectivity index (χ1v) is 16.8. The Morgan fingerprint density at radius 1 is 0.634 bits per heavy atom. The highest BCUT2D eigenvalue weighted by Crippen LogP contribution is 2.13. The largest absolute Gasteiger partial charge is 0.394 e. The first kappa shape index (κ1) is 39.5. The van der Waals surface area contributed by atoms with Crippen LogP contribution >= 0.6 is 0 Å². The van der Waals surface area contributed by atoms with Crippen molar-refractivity contribution >= 4 is 5.91 Å². The molecule has 240 valence electrons. The molecule has 4 atom stereocenters. The minimum atomic E-state index is -1.29. The Morgan fingerprint density at radius 2 is 1.12 bits per heavy atom. The van der Waals surface area contributed by atoms with E-state index < -0.39 is 36.9 Å². The van der Waals surface area contributed by atoms with E-state index in [2.05, 4.69) is 42.6 Å². The van der Waals surface area contributed by atoms with E-state index in [-0.39, 0.29) is 0 Å². The van der Waals surface area contributed by atoms with Crippen LogP contribution in [0.4, 0.5) is 0 Å². The number of hydrogen-bond acceptors (Lipinski definition) is 5. The zero-order chi connectivity index (χ0) is 30.4. The smallest absolute Gasteiger partial charge is 0.249 e. The number of allylic oxidation sites excluding steroid dienone is 6. The zero-order valence-corrected chi connectivity index (χ0v) is 26.5. The number of unbranched alkanes of at least 4 members (excludes halogenated alkanes) is 15. The summed E-state index contributed by atoms with van der Waals surface area (Å²) in [6.07, 6.45) is 31.9. The molecule has 1 amide bonds. The van der Waals surface area contributed by atoms with Crippen molar-refractivity contribution in [2.24, 2.45) is 0 Å². The fourth-order valence-electron chi connectivity index (χ4n) is 4.89. The molecule has 0 spiro atoms. The Hall–Kier alpha value is -1.47. The van der Waals surface area contributed by atoms with Crippen molar-refractivity contribution in [3.8, 4) is 0 Å². The van der Waals surface area contributed by atoms with E-state index in [0.717, 1.165) is 51.4 Å². The van der Waals surface area contributed by atoms with Gasteiger partial charge in [0.05, 0.1) is 18.8 Å². The lowest BCUT2D eigenvalue weighted by atomic mass is 10.00. The van der Waals surface area contributed by atoms with Gasteiger partial charge in [-0.2, -0.15) is 0 Å². The summed E-state index contributed by atoms with van der Waals surface area (Å²) in [7, 11) is 0. The van der Waals surface area contributed by atoms with Crippen molar-refractivity contribution in [3.63, 3.8) is 0 Å². The fraction of sp³-hybridized carbons (Fsp3) is 0.800. The maximum Gasteiger partial charge on any atom is 0.249 e. The highest BCUT2D eigenvalue weighted by molar-refractivity contribution is 5.80. The molecule has 0 radical (unpaired) electrons. The number of aliphatic hydroxyl groups excluding tert-OH is 4. The fourth-order valence-corrected chi connectivity index (χ4v) is 4.89. The normalized spacial score (nSPS) is 15.2. The Labute approximate surface area is 252 Å². The van der Waals surface area contributed by atoms with E-state index in [4.69, 9.17) is 0 Å². The Balaban J connectivity index is 3.87. The molecule has 6 heteroatoms. The topological polar surface area (TPSA) is 110 Å². The summed E-state index contributed by atoms with van der Waals surface area (Å²) in [5, 5.41) is 43.1. The molecule has 5 N–H and O–H groups in total. The third kappa shape index (κ3) is 24.8. The number of rotatable bonds is 29. The van der Waals surface area contributed by atoms with Crippen molar-refractivity contribution in [1.82, 2.24) is 5.32 Å². The van der Waals surface area contributed by atoms with Gasteiger partial charge in [-0.3, -0.25) is 4.79 Å². The van der Waals surface area contributed by atoms with E-state index in [9.17, 15) is 25.2 Å². The van der Waals surface area contributed by atoms with Crippen LogP contribution in [0.15, 0.2) is 36.5 Å². The molecule has 4 unspecified atom stereocenters. The van der Waals surface area contributed by atoms with Gasteiger partial charge in [0.1, 0.15) is 12.2 Å². The number of nitrogens with one attached hydrogen (secondary N) is 1. The molecule has 6 nitrogen and oxygen atoms in total. The van der Waals surface area contributed by atoms with Crippen molar-refractivity contribution in [2.45, 2.75) is 173 Å². The minimum absolute atomic E-state index is 0.345. The predicted octanol–water partition coefficient (Wildman–Crippen LogP) is 7.45. The predicted molar refractivity (Wildman–Crippen MR) is 173 cm³/mol. The molecule has 0 saturated heterocycles. The highest BCUT2D eigenvalue weighted by atomic mass is 16.3. The van der Waals surface area contributed by atoms with E-state index in [1.807, 2.05) is 13.0 Å². The summed E-state index contributed by atoms with van der Waals surface area (Å²) in [5.41, 5.74) is 0.